The minimum absolute atomic E-state index is 0.0780. The third kappa shape index (κ3) is 2.27. The molecule has 2 aromatic carbocycles. The lowest BCUT2D eigenvalue weighted by atomic mass is 9.70. The molecule has 5 atom stereocenters. The molecule has 0 spiro atoms. The molecule has 0 saturated carbocycles. The Bertz CT molecular complexity index is 959. The van der Waals surface area contributed by atoms with E-state index in [1.807, 2.05) is 0 Å². The number of nitrogens with zero attached hydrogens (tertiary/aromatic N) is 1. The second-order valence-electron chi connectivity index (χ2n) is 8.38. The van der Waals surface area contributed by atoms with E-state index in [-0.39, 0.29) is 5.82 Å². The van der Waals surface area contributed by atoms with Crippen LogP contribution in [0.3, 0.4) is 0 Å². The Labute approximate surface area is 167 Å². The lowest BCUT2D eigenvalue weighted by Gasteiger charge is -2.51. The zero-order valence-electron chi connectivity index (χ0n) is 15.0. The van der Waals surface area contributed by atoms with E-state index in [0.717, 1.165) is 23.9 Å². The average molecular weight is 422 g/mol. The van der Waals surface area contributed by atoms with Gasteiger partial charge >= 0.3 is 0 Å². The number of fused-ring (bicyclic) bond motifs is 4. The van der Waals surface area contributed by atoms with Crippen LogP contribution in [-0.4, -0.2) is 6.54 Å². The Balaban J connectivity index is 1.59. The third-order valence-corrected chi connectivity index (χ3v) is 7.55. The molecule has 0 saturated heterocycles. The Morgan fingerprint density at radius 1 is 0.926 bits per heavy atom. The molecule has 2 aromatic rings. The van der Waals surface area contributed by atoms with Crippen molar-refractivity contribution in [3.63, 3.8) is 0 Å². The van der Waals surface area contributed by atoms with Crippen LogP contribution in [0.1, 0.15) is 47.4 Å². The maximum absolute atomic E-state index is 14.6. The van der Waals surface area contributed by atoms with Crippen molar-refractivity contribution in [3.05, 3.63) is 87.7 Å². The zero-order chi connectivity index (χ0) is 18.1. The van der Waals surface area contributed by atoms with Crippen molar-refractivity contribution in [2.24, 2.45) is 11.8 Å². The van der Waals surface area contributed by atoms with E-state index in [1.54, 1.807) is 12.1 Å². The maximum Gasteiger partial charge on any atom is 0.123 e. The fourth-order valence-corrected chi connectivity index (χ4v) is 6.24. The normalized spacial score (nSPS) is 32.4. The second-order valence-corrected chi connectivity index (χ2v) is 9.30. The zero-order valence-corrected chi connectivity index (χ0v) is 16.6. The van der Waals surface area contributed by atoms with Gasteiger partial charge in [0.05, 0.1) is 6.04 Å². The highest BCUT2D eigenvalue weighted by atomic mass is 79.9. The molecular weight excluding hydrogens is 401 g/mol. The van der Waals surface area contributed by atoms with Gasteiger partial charge in [-0.3, -0.25) is 0 Å². The quantitative estimate of drug-likeness (QED) is 0.476. The summed E-state index contributed by atoms with van der Waals surface area (Å²) in [6, 6.07) is 12.8. The molecule has 0 amide bonds. The molecule has 2 aliphatic carbocycles. The molecule has 3 heteroatoms. The lowest BCUT2D eigenvalue weighted by Crippen LogP contribution is -2.46. The molecule has 1 nitrogen and oxygen atoms in total. The molecule has 0 radical (unpaired) electrons. The number of rotatable bonds is 1. The van der Waals surface area contributed by atoms with Crippen molar-refractivity contribution in [3.8, 4) is 0 Å². The Morgan fingerprint density at radius 3 is 2.44 bits per heavy atom. The van der Waals surface area contributed by atoms with Crippen LogP contribution in [0.15, 0.2) is 65.2 Å². The summed E-state index contributed by atoms with van der Waals surface area (Å²) in [4.78, 5) is 2.62. The molecule has 2 aliphatic heterocycles. The fraction of sp³-hybridized carbons (Fsp3) is 0.333. The van der Waals surface area contributed by atoms with Crippen LogP contribution in [0.4, 0.5) is 10.1 Å². The Hall–Kier alpha value is -1.87. The van der Waals surface area contributed by atoms with Gasteiger partial charge in [0, 0.05) is 28.5 Å². The van der Waals surface area contributed by atoms with E-state index in [0.29, 0.717) is 29.7 Å². The van der Waals surface area contributed by atoms with Crippen LogP contribution in [-0.2, 0) is 0 Å². The highest BCUT2D eigenvalue weighted by Crippen LogP contribution is 2.58. The van der Waals surface area contributed by atoms with E-state index in [9.17, 15) is 4.39 Å². The molecule has 27 heavy (non-hydrogen) atoms. The first-order chi connectivity index (χ1) is 13.2. The first-order valence-corrected chi connectivity index (χ1v) is 10.7. The summed E-state index contributed by atoms with van der Waals surface area (Å²) in [6.45, 7) is 1.06. The molecule has 6 rings (SSSR count). The molecule has 4 aliphatic rings. The smallest absolute Gasteiger partial charge is 0.123 e. The summed E-state index contributed by atoms with van der Waals surface area (Å²) in [7, 11) is 0. The molecule has 0 N–H and O–H groups in total. The fourth-order valence-electron chi connectivity index (χ4n) is 5.98. The first kappa shape index (κ1) is 16.1. The number of hydrogen-bond donors (Lipinski definition) is 0. The van der Waals surface area contributed by atoms with Gasteiger partial charge in [0.2, 0.25) is 0 Å². The largest absolute Gasteiger partial charge is 0.363 e. The molecule has 136 valence electrons. The van der Waals surface area contributed by atoms with E-state index in [2.05, 4.69) is 69.4 Å². The van der Waals surface area contributed by atoms with Crippen LogP contribution < -0.4 is 4.90 Å². The maximum atomic E-state index is 14.6. The van der Waals surface area contributed by atoms with E-state index < -0.39 is 0 Å². The van der Waals surface area contributed by atoms with Gasteiger partial charge in [0.1, 0.15) is 5.82 Å². The SMILES string of the molecule is Fc1cc2c3c(c1)[C@H]1C=CC[C@@H]1[C@@H](c1ccc(Br)cc1)N3C[C@H]1CC=C[C@H]21. The summed E-state index contributed by atoms with van der Waals surface area (Å²) in [6.07, 6.45) is 11.4. The number of halogens is 2. The van der Waals surface area contributed by atoms with Gasteiger partial charge in [-0.1, -0.05) is 52.4 Å². The number of anilines is 1. The Morgan fingerprint density at radius 2 is 1.63 bits per heavy atom. The van der Waals surface area contributed by atoms with Crippen LogP contribution in [0, 0.1) is 17.7 Å². The number of benzene rings is 2. The molecule has 0 fully saturated rings. The highest BCUT2D eigenvalue weighted by molar-refractivity contribution is 9.10. The average Bonchev–Trinajstić information content (AvgIpc) is 3.32. The summed E-state index contributed by atoms with van der Waals surface area (Å²) < 4.78 is 15.7. The van der Waals surface area contributed by atoms with Crippen molar-refractivity contribution < 1.29 is 4.39 Å². The molecule has 2 heterocycles. The molecule has 0 bridgehead atoms. The monoisotopic (exact) mass is 421 g/mol. The van der Waals surface area contributed by atoms with Gasteiger partial charge in [-0.2, -0.15) is 0 Å². The predicted octanol–water partition coefficient (Wildman–Crippen LogP) is 6.48. The van der Waals surface area contributed by atoms with E-state index in [1.165, 1.54) is 22.4 Å². The standard InChI is InChI=1S/C24H21BrFN/c25-16-9-7-14(8-10-16)23-20-6-2-5-19(20)22-12-17(26)11-21-18-4-1-3-15(18)13-27(23)24(21)22/h1-2,4-5,7-12,15,18-20,23H,3,6,13H2/t15-,18+,19+,20+,23-/m1/s1. The van der Waals surface area contributed by atoms with Crippen LogP contribution in [0.25, 0.3) is 0 Å². The van der Waals surface area contributed by atoms with Crippen molar-refractivity contribution in [1.82, 2.24) is 0 Å². The number of allylic oxidation sites excluding steroid dienone is 4. The van der Waals surface area contributed by atoms with Crippen LogP contribution in [0.2, 0.25) is 0 Å². The molecule has 0 unspecified atom stereocenters. The van der Waals surface area contributed by atoms with Crippen molar-refractivity contribution in [2.45, 2.75) is 30.7 Å². The predicted molar refractivity (Wildman–Crippen MR) is 111 cm³/mol. The second kappa shape index (κ2) is 5.81. The van der Waals surface area contributed by atoms with E-state index >= 15 is 0 Å². The molecule has 0 aromatic heterocycles. The molecular formula is C24H21BrFN. The van der Waals surface area contributed by atoms with Gasteiger partial charge in [0.25, 0.3) is 0 Å². The topological polar surface area (TPSA) is 3.24 Å². The summed E-state index contributed by atoms with van der Waals surface area (Å²) in [5.41, 5.74) is 5.10. The lowest BCUT2D eigenvalue weighted by molar-refractivity contribution is 0.333. The minimum Gasteiger partial charge on any atom is -0.363 e. The summed E-state index contributed by atoms with van der Waals surface area (Å²) >= 11 is 3.58. The van der Waals surface area contributed by atoms with Crippen molar-refractivity contribution in [2.75, 3.05) is 11.4 Å². The number of hydrogen-bond acceptors (Lipinski definition) is 1. The van der Waals surface area contributed by atoms with Crippen LogP contribution >= 0.6 is 15.9 Å². The van der Waals surface area contributed by atoms with E-state index in [4.69, 9.17) is 0 Å². The Kier molecular flexibility index (Phi) is 3.47. The van der Waals surface area contributed by atoms with Crippen molar-refractivity contribution in [1.29, 1.82) is 0 Å². The third-order valence-electron chi connectivity index (χ3n) is 7.03. The van der Waals surface area contributed by atoms with Crippen molar-refractivity contribution >= 4 is 21.6 Å². The summed E-state index contributed by atoms with van der Waals surface area (Å²) in [5.74, 6) is 1.67. The van der Waals surface area contributed by atoms with Gasteiger partial charge in [-0.15, -0.1) is 0 Å². The van der Waals surface area contributed by atoms with Gasteiger partial charge in [-0.25, -0.2) is 4.39 Å². The van der Waals surface area contributed by atoms with Crippen LogP contribution in [0.5, 0.6) is 0 Å². The first-order valence-electron chi connectivity index (χ1n) is 9.89. The van der Waals surface area contributed by atoms with Gasteiger partial charge in [-0.05, 0) is 65.6 Å². The summed E-state index contributed by atoms with van der Waals surface area (Å²) in [5, 5.41) is 0. The minimum atomic E-state index is -0.0780. The van der Waals surface area contributed by atoms with Gasteiger partial charge in [0.15, 0.2) is 0 Å². The highest BCUT2D eigenvalue weighted by Gasteiger charge is 2.47. The van der Waals surface area contributed by atoms with Gasteiger partial charge < -0.3 is 4.90 Å².